The Kier molecular flexibility index (Phi) is 8.10. The predicted octanol–water partition coefficient (Wildman–Crippen LogP) is 2.71. The average molecular weight is 228 g/mol. The Labute approximate surface area is 83.5 Å². The van der Waals surface area contributed by atoms with Crippen molar-refractivity contribution in [2.45, 2.75) is 39.0 Å². The van der Waals surface area contributed by atoms with Crippen LogP contribution in [0.25, 0.3) is 0 Å². The van der Waals surface area contributed by atoms with Crippen LogP contribution in [0.4, 0.5) is 0 Å². The van der Waals surface area contributed by atoms with Gasteiger partial charge >= 0.3 is 7.82 Å². The van der Waals surface area contributed by atoms with Gasteiger partial charge < -0.3 is 9.79 Å². The zero-order valence-corrected chi connectivity index (χ0v) is 9.52. The molecule has 0 aromatic rings. The molecule has 0 aliphatic heterocycles. The van der Waals surface area contributed by atoms with E-state index in [-0.39, 0.29) is 0 Å². The van der Waals surface area contributed by atoms with Crippen molar-refractivity contribution in [2.75, 3.05) is 5.75 Å². The summed E-state index contributed by atoms with van der Waals surface area (Å²) in [5, 5.41) is 0. The van der Waals surface area contributed by atoms with Crippen LogP contribution in [-0.4, -0.2) is 15.5 Å². The summed E-state index contributed by atoms with van der Waals surface area (Å²) in [4.78, 5) is 16.7. The molecule has 4 nitrogen and oxygen atoms in total. The second-order valence-electron chi connectivity index (χ2n) is 2.80. The Morgan fingerprint density at radius 2 is 1.85 bits per heavy atom. The van der Waals surface area contributed by atoms with E-state index in [0.717, 1.165) is 24.9 Å². The summed E-state index contributed by atoms with van der Waals surface area (Å²) in [5.41, 5.74) is 0. The fourth-order valence-electron chi connectivity index (χ4n) is 0.870. The first-order valence-electron chi connectivity index (χ1n) is 4.43. The second-order valence-corrected chi connectivity index (χ2v) is 5.02. The summed E-state index contributed by atoms with van der Waals surface area (Å²) in [6.45, 7) is 2.14. The van der Waals surface area contributed by atoms with E-state index in [1.807, 2.05) is 0 Å². The molecule has 0 amide bonds. The van der Waals surface area contributed by atoms with Gasteiger partial charge in [-0.2, -0.15) is 0 Å². The first kappa shape index (κ1) is 13.5. The van der Waals surface area contributed by atoms with E-state index in [1.54, 1.807) is 0 Å². The summed E-state index contributed by atoms with van der Waals surface area (Å²) in [7, 11) is -4.26. The van der Waals surface area contributed by atoms with Crippen molar-refractivity contribution in [1.29, 1.82) is 0 Å². The molecule has 0 bridgehead atoms. The summed E-state index contributed by atoms with van der Waals surface area (Å²) in [6.07, 6.45) is 5.67. The van der Waals surface area contributed by atoms with Crippen molar-refractivity contribution >= 4 is 19.9 Å². The van der Waals surface area contributed by atoms with Crippen molar-refractivity contribution in [3.05, 3.63) is 0 Å². The van der Waals surface area contributed by atoms with Crippen LogP contribution in [0.15, 0.2) is 0 Å². The van der Waals surface area contributed by atoms with E-state index >= 15 is 0 Å². The van der Waals surface area contributed by atoms with Gasteiger partial charge in [-0.3, -0.25) is 0 Å². The third-order valence-corrected chi connectivity index (χ3v) is 3.13. The number of phosphoric acid groups is 1. The van der Waals surface area contributed by atoms with E-state index in [2.05, 4.69) is 10.9 Å². The second kappa shape index (κ2) is 7.83. The van der Waals surface area contributed by atoms with E-state index < -0.39 is 7.82 Å². The van der Waals surface area contributed by atoms with Crippen LogP contribution in [0.2, 0.25) is 0 Å². The molecule has 0 saturated heterocycles. The molecule has 0 aliphatic rings. The molecule has 0 saturated carbocycles. The van der Waals surface area contributed by atoms with Crippen LogP contribution in [0.3, 0.4) is 0 Å². The minimum Gasteiger partial charge on any atom is -0.302 e. The molecule has 0 unspecified atom stereocenters. The Morgan fingerprint density at radius 1 is 1.23 bits per heavy atom. The lowest BCUT2D eigenvalue weighted by Gasteiger charge is -2.02. The minimum atomic E-state index is -4.26. The molecule has 0 rings (SSSR count). The normalized spacial score (nSPS) is 11.9. The molecule has 0 radical (unpaired) electrons. The molecule has 0 heterocycles. The standard InChI is InChI=1S/C7H17O4PS/c1-2-3-4-5-6-7-13-11-12(8,9)10/h2-7H2,1H3,(H2,8,9,10). The van der Waals surface area contributed by atoms with Crippen molar-refractivity contribution in [3.8, 4) is 0 Å². The summed E-state index contributed by atoms with van der Waals surface area (Å²) in [5.74, 6) is 0.648. The van der Waals surface area contributed by atoms with Gasteiger partial charge in [-0.05, 0) is 6.42 Å². The Bertz CT molecular complexity index is 159. The van der Waals surface area contributed by atoms with E-state index in [1.165, 1.54) is 19.3 Å². The average Bonchev–Trinajstić information content (AvgIpc) is 2.01. The maximum Gasteiger partial charge on any atom is 0.480 e. The largest absolute Gasteiger partial charge is 0.480 e. The van der Waals surface area contributed by atoms with Gasteiger partial charge in [0.2, 0.25) is 0 Å². The monoisotopic (exact) mass is 228 g/mol. The molecule has 6 heteroatoms. The molecule has 0 aliphatic carbocycles. The minimum absolute atomic E-state index is 0.648. The number of hydrogen-bond acceptors (Lipinski definition) is 3. The molecule has 80 valence electrons. The fourth-order valence-corrected chi connectivity index (χ4v) is 2.04. The molecule has 0 aromatic carbocycles. The molecule has 0 aromatic heterocycles. The van der Waals surface area contributed by atoms with Crippen LogP contribution in [-0.2, 0) is 8.54 Å². The zero-order valence-electron chi connectivity index (χ0n) is 7.81. The highest BCUT2D eigenvalue weighted by Crippen LogP contribution is 2.40. The molecular formula is C7H17O4PS. The van der Waals surface area contributed by atoms with Gasteiger partial charge in [0.25, 0.3) is 0 Å². The summed E-state index contributed by atoms with van der Waals surface area (Å²) in [6, 6.07) is 0. The van der Waals surface area contributed by atoms with Gasteiger partial charge in [0.05, 0.1) is 0 Å². The highest BCUT2D eigenvalue weighted by Gasteiger charge is 2.13. The third kappa shape index (κ3) is 12.5. The van der Waals surface area contributed by atoms with Crippen LogP contribution in [0.1, 0.15) is 39.0 Å². The van der Waals surface area contributed by atoms with E-state index in [0.29, 0.717) is 5.75 Å². The van der Waals surface area contributed by atoms with Gasteiger partial charge in [-0.15, -0.1) is 0 Å². The molecule has 13 heavy (non-hydrogen) atoms. The molecule has 0 fully saturated rings. The first-order valence-corrected chi connectivity index (χ1v) is 6.87. The Morgan fingerprint density at radius 3 is 2.38 bits per heavy atom. The topological polar surface area (TPSA) is 66.8 Å². The number of rotatable bonds is 8. The smallest absolute Gasteiger partial charge is 0.302 e. The maximum absolute atomic E-state index is 10.2. The number of unbranched alkanes of at least 4 members (excludes halogenated alkanes) is 4. The van der Waals surface area contributed by atoms with Gasteiger partial charge in [0.15, 0.2) is 0 Å². The number of hydrogen-bond donors (Lipinski definition) is 2. The van der Waals surface area contributed by atoms with Crippen molar-refractivity contribution in [1.82, 2.24) is 0 Å². The van der Waals surface area contributed by atoms with E-state index in [4.69, 9.17) is 9.79 Å². The third-order valence-electron chi connectivity index (χ3n) is 1.48. The van der Waals surface area contributed by atoms with Crippen molar-refractivity contribution in [2.24, 2.45) is 0 Å². The van der Waals surface area contributed by atoms with Crippen LogP contribution in [0, 0.1) is 0 Å². The summed E-state index contributed by atoms with van der Waals surface area (Å²) >= 11 is 0.855. The summed E-state index contributed by atoms with van der Waals surface area (Å²) < 4.78 is 14.4. The van der Waals surface area contributed by atoms with Gasteiger partial charge in [-0.1, -0.05) is 32.6 Å². The van der Waals surface area contributed by atoms with Crippen molar-refractivity contribution in [3.63, 3.8) is 0 Å². The van der Waals surface area contributed by atoms with E-state index in [9.17, 15) is 4.57 Å². The Hall–Kier alpha value is 0.460. The lowest BCUT2D eigenvalue weighted by atomic mass is 10.2. The Balaban J connectivity index is 3.04. The molecule has 0 atom stereocenters. The van der Waals surface area contributed by atoms with Crippen molar-refractivity contribution < 1.29 is 18.3 Å². The maximum atomic E-state index is 10.2. The SMILES string of the molecule is CCCCCCCSOP(=O)(O)O. The highest BCUT2D eigenvalue weighted by atomic mass is 32.2. The zero-order chi connectivity index (χ0) is 10.2. The van der Waals surface area contributed by atoms with Gasteiger partial charge in [-0.25, -0.2) is 8.54 Å². The highest BCUT2D eigenvalue weighted by molar-refractivity contribution is 7.97. The molecular weight excluding hydrogens is 211 g/mol. The predicted molar refractivity (Wildman–Crippen MR) is 54.3 cm³/mol. The van der Waals surface area contributed by atoms with Gasteiger partial charge in [0, 0.05) is 17.8 Å². The van der Waals surface area contributed by atoms with Crippen LogP contribution in [0.5, 0.6) is 0 Å². The first-order chi connectivity index (χ1) is 6.06. The fraction of sp³-hybridized carbons (Fsp3) is 1.00. The lowest BCUT2D eigenvalue weighted by Crippen LogP contribution is -1.84. The molecule has 0 spiro atoms. The quantitative estimate of drug-likeness (QED) is 0.380. The van der Waals surface area contributed by atoms with Crippen LogP contribution >= 0.6 is 19.9 Å². The molecule has 2 N–H and O–H groups in total. The lowest BCUT2D eigenvalue weighted by molar-refractivity contribution is 0.298. The van der Waals surface area contributed by atoms with Gasteiger partial charge in [0.1, 0.15) is 0 Å². The van der Waals surface area contributed by atoms with Crippen LogP contribution < -0.4 is 0 Å².